The predicted octanol–water partition coefficient (Wildman–Crippen LogP) is 6.08. The molecular weight excluding hydrogens is 458 g/mol. The van der Waals surface area contributed by atoms with E-state index in [9.17, 15) is 10.1 Å². The lowest BCUT2D eigenvalue weighted by Crippen LogP contribution is -2.48. The van der Waals surface area contributed by atoms with Crippen LogP contribution in [0.1, 0.15) is 41.6 Å². The molecule has 0 aromatic heterocycles. The number of nitro groups is 1. The third-order valence-electron chi connectivity index (χ3n) is 5.96. The van der Waals surface area contributed by atoms with Gasteiger partial charge in [0.1, 0.15) is 5.75 Å². The maximum absolute atomic E-state index is 11.4. The van der Waals surface area contributed by atoms with Crippen molar-refractivity contribution < 1.29 is 9.66 Å². The second-order valence-electron chi connectivity index (χ2n) is 8.05. The van der Waals surface area contributed by atoms with E-state index in [2.05, 4.69) is 53.2 Å². The fourth-order valence-corrected chi connectivity index (χ4v) is 4.68. The van der Waals surface area contributed by atoms with Gasteiger partial charge in [0.15, 0.2) is 0 Å². The van der Waals surface area contributed by atoms with E-state index in [4.69, 9.17) is 9.84 Å². The molecule has 2 atom stereocenters. The smallest absolute Gasteiger partial charge is 0.269 e. The second kappa shape index (κ2) is 7.20. The molecule has 0 saturated carbocycles. The Hall–Kier alpha value is -3.19. The molecule has 0 N–H and O–H groups in total. The number of non-ortho nitro benzene ring substituents is 1. The first kappa shape index (κ1) is 19.8. The lowest BCUT2D eigenvalue weighted by molar-refractivity contribution is -0.385. The number of hydrazone groups is 1. The summed E-state index contributed by atoms with van der Waals surface area (Å²) in [5, 5.41) is 18.3. The first-order valence-electron chi connectivity index (χ1n) is 10.0. The lowest BCUT2D eigenvalue weighted by Gasteiger charge is -2.46. The van der Waals surface area contributed by atoms with Crippen LogP contribution in [0.25, 0.3) is 0 Å². The Morgan fingerprint density at radius 1 is 1.16 bits per heavy atom. The van der Waals surface area contributed by atoms with Gasteiger partial charge >= 0.3 is 0 Å². The highest BCUT2D eigenvalue weighted by Crippen LogP contribution is 2.51. The topological polar surface area (TPSA) is 68.0 Å². The number of benzene rings is 3. The van der Waals surface area contributed by atoms with Crippen molar-refractivity contribution in [1.82, 2.24) is 5.01 Å². The van der Waals surface area contributed by atoms with Crippen molar-refractivity contribution in [2.75, 3.05) is 0 Å². The molecule has 0 amide bonds. The first-order chi connectivity index (χ1) is 14.8. The number of nitro benzene ring substituents is 1. The molecule has 0 aliphatic carbocycles. The van der Waals surface area contributed by atoms with Crippen LogP contribution >= 0.6 is 15.9 Å². The van der Waals surface area contributed by atoms with Crippen molar-refractivity contribution in [3.8, 4) is 5.75 Å². The normalized spacial score (nSPS) is 21.7. The van der Waals surface area contributed by atoms with Gasteiger partial charge in [0.2, 0.25) is 5.72 Å². The molecule has 0 spiro atoms. The number of ether oxygens (including phenoxy) is 1. The van der Waals surface area contributed by atoms with Crippen molar-refractivity contribution in [2.24, 2.45) is 5.10 Å². The maximum Gasteiger partial charge on any atom is 0.269 e. The third kappa shape index (κ3) is 3.29. The summed E-state index contributed by atoms with van der Waals surface area (Å²) in [4.78, 5) is 11.0. The van der Waals surface area contributed by atoms with Crippen LogP contribution in [0.15, 0.2) is 76.3 Å². The third-order valence-corrected chi connectivity index (χ3v) is 6.46. The Labute approximate surface area is 188 Å². The van der Waals surface area contributed by atoms with E-state index >= 15 is 0 Å². The van der Waals surface area contributed by atoms with Gasteiger partial charge in [-0.3, -0.25) is 10.1 Å². The minimum atomic E-state index is -0.982. The molecule has 3 aromatic carbocycles. The van der Waals surface area contributed by atoms with Gasteiger partial charge < -0.3 is 4.74 Å². The maximum atomic E-state index is 11.4. The highest BCUT2D eigenvalue weighted by molar-refractivity contribution is 9.10. The van der Waals surface area contributed by atoms with Gasteiger partial charge in [-0.15, -0.1) is 0 Å². The zero-order chi connectivity index (χ0) is 21.8. The van der Waals surface area contributed by atoms with E-state index in [0.717, 1.165) is 33.5 Å². The van der Waals surface area contributed by atoms with Crippen molar-refractivity contribution in [3.63, 3.8) is 0 Å². The van der Waals surface area contributed by atoms with E-state index in [0.29, 0.717) is 5.56 Å². The molecule has 0 bridgehead atoms. The van der Waals surface area contributed by atoms with Gasteiger partial charge in [-0.1, -0.05) is 57.9 Å². The van der Waals surface area contributed by atoms with Crippen molar-refractivity contribution in [2.45, 2.75) is 32.0 Å². The number of rotatable bonds is 3. The number of hydrogen-bond acceptors (Lipinski definition) is 5. The van der Waals surface area contributed by atoms with Crippen LogP contribution in [0, 0.1) is 17.0 Å². The fourth-order valence-electron chi connectivity index (χ4n) is 4.30. The Morgan fingerprint density at radius 3 is 2.68 bits per heavy atom. The summed E-state index contributed by atoms with van der Waals surface area (Å²) >= 11 is 3.57. The van der Waals surface area contributed by atoms with Gasteiger partial charge in [-0.05, 0) is 30.7 Å². The Morgan fingerprint density at radius 2 is 1.94 bits per heavy atom. The van der Waals surface area contributed by atoms with Crippen LogP contribution in [-0.4, -0.2) is 15.6 Å². The molecule has 0 fully saturated rings. The monoisotopic (exact) mass is 477 g/mol. The molecule has 5 rings (SSSR count). The Balaban J connectivity index is 1.66. The quantitative estimate of drug-likeness (QED) is 0.338. The van der Waals surface area contributed by atoms with Gasteiger partial charge in [-0.2, -0.15) is 5.10 Å². The SMILES string of the molecule is Cc1ccc(C2=NN3[C@@H](C2)c2cc(Br)ccc2O[C@]3(C)c2cccc([N+](=O)[O-])c2)cc1. The number of aryl methyl sites for hydroxylation is 1. The molecule has 2 aliphatic rings. The average Bonchev–Trinajstić information content (AvgIpc) is 3.22. The summed E-state index contributed by atoms with van der Waals surface area (Å²) in [6.45, 7) is 3.98. The fraction of sp³-hybridized carbons (Fsp3) is 0.208. The standard InChI is InChI=1S/C24H20BrN3O3/c1-15-6-8-16(9-7-15)21-14-22-20-13-18(25)10-11-23(20)31-24(2,27(22)26-21)17-4-3-5-19(12-17)28(29)30/h3-13,22H,14H2,1-2H3/t22-,24+/m0/s1. The Kier molecular flexibility index (Phi) is 4.59. The van der Waals surface area contributed by atoms with Gasteiger partial charge in [0.25, 0.3) is 5.69 Å². The van der Waals surface area contributed by atoms with E-state index in [1.165, 1.54) is 11.6 Å². The van der Waals surface area contributed by atoms with Gasteiger partial charge in [0.05, 0.1) is 16.7 Å². The molecule has 3 aromatic rings. The summed E-state index contributed by atoms with van der Waals surface area (Å²) < 4.78 is 7.46. The highest BCUT2D eigenvalue weighted by Gasteiger charge is 2.49. The number of fused-ring (bicyclic) bond motifs is 3. The number of nitrogens with zero attached hydrogens (tertiary/aromatic N) is 3. The molecule has 31 heavy (non-hydrogen) atoms. The van der Waals surface area contributed by atoms with E-state index in [1.807, 2.05) is 30.1 Å². The van der Waals surface area contributed by atoms with Crippen LogP contribution in [-0.2, 0) is 5.72 Å². The van der Waals surface area contributed by atoms with Crippen molar-refractivity contribution in [1.29, 1.82) is 0 Å². The largest absolute Gasteiger partial charge is 0.462 e. The van der Waals surface area contributed by atoms with Crippen LogP contribution in [0.2, 0.25) is 0 Å². The minimum Gasteiger partial charge on any atom is -0.462 e. The summed E-state index contributed by atoms with van der Waals surface area (Å²) in [5.41, 5.74) is 4.01. The van der Waals surface area contributed by atoms with Crippen molar-refractivity contribution >= 4 is 27.3 Å². The summed E-state index contributed by atoms with van der Waals surface area (Å²) in [5.74, 6) is 0.763. The Bertz CT molecular complexity index is 1220. The molecule has 2 aliphatic heterocycles. The molecule has 0 radical (unpaired) electrons. The molecule has 0 unspecified atom stereocenters. The van der Waals surface area contributed by atoms with Crippen molar-refractivity contribution in [3.05, 3.63) is 104 Å². The highest BCUT2D eigenvalue weighted by atomic mass is 79.9. The van der Waals surface area contributed by atoms with Gasteiger partial charge in [-0.25, -0.2) is 5.01 Å². The molecule has 156 valence electrons. The van der Waals surface area contributed by atoms with Crippen LogP contribution in [0.4, 0.5) is 5.69 Å². The van der Waals surface area contributed by atoms with E-state index in [1.54, 1.807) is 12.1 Å². The van der Waals surface area contributed by atoms with E-state index < -0.39 is 5.72 Å². The van der Waals surface area contributed by atoms with Gasteiger partial charge in [0, 0.05) is 41.1 Å². The summed E-state index contributed by atoms with van der Waals surface area (Å²) in [7, 11) is 0. The first-order valence-corrected chi connectivity index (χ1v) is 10.8. The predicted molar refractivity (Wildman–Crippen MR) is 122 cm³/mol. The molecule has 0 saturated heterocycles. The van der Waals surface area contributed by atoms with E-state index in [-0.39, 0.29) is 16.7 Å². The minimum absolute atomic E-state index is 0.0300. The van der Waals surface area contributed by atoms with Crippen LogP contribution < -0.4 is 4.74 Å². The zero-order valence-electron chi connectivity index (χ0n) is 17.1. The number of hydrogen-bond donors (Lipinski definition) is 0. The molecule has 7 heteroatoms. The average molecular weight is 478 g/mol. The zero-order valence-corrected chi connectivity index (χ0v) is 18.7. The number of halogens is 1. The summed E-state index contributed by atoms with van der Waals surface area (Å²) in [6, 6.07) is 20.8. The molecule has 2 heterocycles. The summed E-state index contributed by atoms with van der Waals surface area (Å²) in [6.07, 6.45) is 0.723. The lowest BCUT2D eigenvalue weighted by atomic mass is 9.92. The van der Waals surface area contributed by atoms with Crippen LogP contribution in [0.3, 0.4) is 0 Å². The second-order valence-corrected chi connectivity index (χ2v) is 8.97. The van der Waals surface area contributed by atoms with Crippen LogP contribution in [0.5, 0.6) is 5.75 Å². The molecule has 6 nitrogen and oxygen atoms in total. The molecular formula is C24H20BrN3O3.